The van der Waals surface area contributed by atoms with Crippen molar-refractivity contribution in [1.82, 2.24) is 5.32 Å². The molecule has 0 bridgehead atoms. The van der Waals surface area contributed by atoms with E-state index in [1.165, 1.54) is 51.4 Å². The van der Waals surface area contributed by atoms with Gasteiger partial charge in [0.15, 0.2) is 0 Å². The number of aliphatic hydroxyl groups excluding tert-OH is 1. The fourth-order valence-corrected chi connectivity index (χ4v) is 3.10. The highest BCUT2D eigenvalue weighted by atomic mass is 16.3. The molecule has 1 rings (SSSR count). The number of hydrogen-bond donors (Lipinski definition) is 2. The highest BCUT2D eigenvalue weighted by Crippen LogP contribution is 2.35. The molecule has 1 aliphatic carbocycles. The molecule has 0 saturated heterocycles. The second-order valence-corrected chi connectivity index (χ2v) is 6.45. The van der Waals surface area contributed by atoms with Gasteiger partial charge in [0.05, 0.1) is 0 Å². The van der Waals surface area contributed by atoms with Gasteiger partial charge < -0.3 is 10.4 Å². The van der Waals surface area contributed by atoms with Crippen molar-refractivity contribution in [3.8, 4) is 0 Å². The van der Waals surface area contributed by atoms with E-state index in [9.17, 15) is 5.11 Å². The third kappa shape index (κ3) is 4.89. The molecule has 0 amide bonds. The van der Waals surface area contributed by atoms with Gasteiger partial charge in [0, 0.05) is 24.6 Å². The normalized spacial score (nSPS) is 22.7. The number of rotatable bonds is 8. The lowest BCUT2D eigenvalue weighted by molar-refractivity contribution is 0.0771. The minimum Gasteiger partial charge on any atom is -0.396 e. The second-order valence-electron chi connectivity index (χ2n) is 6.45. The highest BCUT2D eigenvalue weighted by Gasteiger charge is 2.31. The molecule has 108 valence electrons. The predicted octanol–water partition coefficient (Wildman–Crippen LogP) is 3.73. The third-order valence-corrected chi connectivity index (χ3v) is 4.89. The first-order chi connectivity index (χ1) is 8.65. The van der Waals surface area contributed by atoms with Crippen LogP contribution in [0.5, 0.6) is 0 Å². The summed E-state index contributed by atoms with van der Waals surface area (Å²) in [4.78, 5) is 0. The molecule has 0 radical (unpaired) electrons. The topological polar surface area (TPSA) is 32.3 Å². The SMILES string of the molecule is CCC(C)CC(CC)NCC1(CO)CCCCC1. The molecule has 2 atom stereocenters. The van der Waals surface area contributed by atoms with Crippen LogP contribution >= 0.6 is 0 Å². The van der Waals surface area contributed by atoms with Gasteiger partial charge >= 0.3 is 0 Å². The third-order valence-electron chi connectivity index (χ3n) is 4.89. The minimum absolute atomic E-state index is 0.182. The maximum absolute atomic E-state index is 9.72. The van der Waals surface area contributed by atoms with Crippen molar-refractivity contribution in [2.75, 3.05) is 13.2 Å². The zero-order valence-corrected chi connectivity index (χ0v) is 12.7. The molecule has 0 aromatic carbocycles. The standard InChI is InChI=1S/C16H33NO/c1-4-14(3)11-15(5-2)17-12-16(13-18)9-7-6-8-10-16/h14-15,17-18H,4-13H2,1-3H3. The Balaban J connectivity index is 2.39. The molecule has 0 spiro atoms. The average Bonchev–Trinajstić information content (AvgIpc) is 2.44. The van der Waals surface area contributed by atoms with E-state index in [2.05, 4.69) is 26.1 Å². The average molecular weight is 255 g/mol. The lowest BCUT2D eigenvalue weighted by Gasteiger charge is -2.37. The van der Waals surface area contributed by atoms with E-state index in [0.29, 0.717) is 12.6 Å². The Labute approximate surface area is 114 Å². The number of aliphatic hydroxyl groups is 1. The summed E-state index contributed by atoms with van der Waals surface area (Å²) in [7, 11) is 0. The summed E-state index contributed by atoms with van der Waals surface area (Å²) in [5.74, 6) is 0.805. The van der Waals surface area contributed by atoms with Crippen LogP contribution in [0.25, 0.3) is 0 Å². The monoisotopic (exact) mass is 255 g/mol. The first-order valence-corrected chi connectivity index (χ1v) is 8.00. The van der Waals surface area contributed by atoms with Crippen LogP contribution in [0.2, 0.25) is 0 Å². The van der Waals surface area contributed by atoms with Gasteiger partial charge in [0.1, 0.15) is 0 Å². The summed E-state index contributed by atoms with van der Waals surface area (Å²) in [5, 5.41) is 13.5. The van der Waals surface area contributed by atoms with Crippen molar-refractivity contribution in [2.24, 2.45) is 11.3 Å². The molecule has 0 heterocycles. The lowest BCUT2D eigenvalue weighted by atomic mass is 9.74. The van der Waals surface area contributed by atoms with Gasteiger partial charge in [-0.25, -0.2) is 0 Å². The van der Waals surface area contributed by atoms with Crippen LogP contribution in [0.3, 0.4) is 0 Å². The van der Waals surface area contributed by atoms with Crippen LogP contribution in [-0.4, -0.2) is 24.3 Å². The van der Waals surface area contributed by atoms with Crippen LogP contribution in [0.4, 0.5) is 0 Å². The smallest absolute Gasteiger partial charge is 0.0499 e. The van der Waals surface area contributed by atoms with E-state index in [1.54, 1.807) is 0 Å². The molecule has 2 unspecified atom stereocenters. The van der Waals surface area contributed by atoms with Gasteiger partial charge in [-0.3, -0.25) is 0 Å². The fraction of sp³-hybridized carbons (Fsp3) is 1.00. The van der Waals surface area contributed by atoms with Crippen molar-refractivity contribution < 1.29 is 5.11 Å². The zero-order valence-electron chi connectivity index (χ0n) is 12.7. The largest absolute Gasteiger partial charge is 0.396 e. The van der Waals surface area contributed by atoms with E-state index in [4.69, 9.17) is 0 Å². The van der Waals surface area contributed by atoms with E-state index in [-0.39, 0.29) is 5.41 Å². The maximum atomic E-state index is 9.72. The van der Waals surface area contributed by atoms with Gasteiger partial charge in [0.2, 0.25) is 0 Å². The Bertz CT molecular complexity index is 211. The maximum Gasteiger partial charge on any atom is 0.0499 e. The van der Waals surface area contributed by atoms with E-state index in [0.717, 1.165) is 12.5 Å². The zero-order chi connectivity index (χ0) is 13.4. The summed E-state index contributed by atoms with van der Waals surface area (Å²) in [5.41, 5.74) is 0.182. The van der Waals surface area contributed by atoms with Gasteiger partial charge in [0.25, 0.3) is 0 Å². The molecule has 1 saturated carbocycles. The molecule has 2 nitrogen and oxygen atoms in total. The Morgan fingerprint density at radius 1 is 1.11 bits per heavy atom. The molecule has 18 heavy (non-hydrogen) atoms. The molecule has 1 aliphatic rings. The van der Waals surface area contributed by atoms with E-state index < -0.39 is 0 Å². The Morgan fingerprint density at radius 2 is 1.78 bits per heavy atom. The molecular formula is C16H33NO. The molecule has 2 N–H and O–H groups in total. The van der Waals surface area contributed by atoms with Crippen LogP contribution < -0.4 is 5.32 Å². The summed E-state index contributed by atoms with van der Waals surface area (Å²) < 4.78 is 0. The second kappa shape index (κ2) is 8.16. The minimum atomic E-state index is 0.182. The summed E-state index contributed by atoms with van der Waals surface area (Å²) in [6.07, 6.45) is 10.1. The molecule has 0 aromatic heterocycles. The Hall–Kier alpha value is -0.0800. The number of nitrogens with one attached hydrogen (secondary N) is 1. The van der Waals surface area contributed by atoms with Gasteiger partial charge in [-0.2, -0.15) is 0 Å². The first-order valence-electron chi connectivity index (χ1n) is 8.00. The summed E-state index contributed by atoms with van der Waals surface area (Å²) in [6.45, 7) is 8.26. The van der Waals surface area contributed by atoms with Gasteiger partial charge in [-0.15, -0.1) is 0 Å². The fourth-order valence-electron chi connectivity index (χ4n) is 3.10. The van der Waals surface area contributed by atoms with Crippen molar-refractivity contribution in [3.05, 3.63) is 0 Å². The highest BCUT2D eigenvalue weighted by molar-refractivity contribution is 4.85. The molecule has 0 aliphatic heterocycles. The van der Waals surface area contributed by atoms with Crippen molar-refractivity contribution in [2.45, 2.75) is 78.2 Å². The Kier molecular flexibility index (Phi) is 7.25. The Morgan fingerprint density at radius 3 is 2.28 bits per heavy atom. The van der Waals surface area contributed by atoms with Crippen LogP contribution in [0.1, 0.15) is 72.1 Å². The predicted molar refractivity (Wildman–Crippen MR) is 78.8 cm³/mol. The van der Waals surface area contributed by atoms with Crippen molar-refractivity contribution >= 4 is 0 Å². The van der Waals surface area contributed by atoms with Crippen molar-refractivity contribution in [1.29, 1.82) is 0 Å². The first kappa shape index (κ1) is 16.0. The van der Waals surface area contributed by atoms with Crippen molar-refractivity contribution in [3.63, 3.8) is 0 Å². The van der Waals surface area contributed by atoms with Crippen LogP contribution in [-0.2, 0) is 0 Å². The van der Waals surface area contributed by atoms with Crippen LogP contribution in [0.15, 0.2) is 0 Å². The molecule has 1 fully saturated rings. The lowest BCUT2D eigenvalue weighted by Crippen LogP contribution is -2.43. The molecular weight excluding hydrogens is 222 g/mol. The quantitative estimate of drug-likeness (QED) is 0.692. The summed E-state index contributed by atoms with van der Waals surface area (Å²) in [6, 6.07) is 0.630. The van der Waals surface area contributed by atoms with Gasteiger partial charge in [-0.05, 0) is 31.6 Å². The van der Waals surface area contributed by atoms with E-state index >= 15 is 0 Å². The molecule has 2 heteroatoms. The molecule has 0 aromatic rings. The van der Waals surface area contributed by atoms with E-state index in [1.807, 2.05) is 0 Å². The summed E-state index contributed by atoms with van der Waals surface area (Å²) >= 11 is 0. The van der Waals surface area contributed by atoms with Gasteiger partial charge in [-0.1, -0.05) is 46.5 Å². The number of hydrogen-bond acceptors (Lipinski definition) is 2. The van der Waals surface area contributed by atoms with Crippen LogP contribution in [0, 0.1) is 11.3 Å².